The van der Waals surface area contributed by atoms with Crippen LogP contribution in [0.5, 0.6) is 0 Å². The smallest absolute Gasteiger partial charge is 0.237 e. The second kappa shape index (κ2) is 4.94. The zero-order valence-electron chi connectivity index (χ0n) is 7.25. The van der Waals surface area contributed by atoms with Gasteiger partial charge in [0.1, 0.15) is 6.04 Å². The number of hydrogen-bond donors (Lipinski definition) is 3. The van der Waals surface area contributed by atoms with Crippen molar-refractivity contribution in [3.8, 4) is 0 Å². The van der Waals surface area contributed by atoms with Gasteiger partial charge in [-0.3, -0.25) is 9.59 Å². The van der Waals surface area contributed by atoms with Crippen molar-refractivity contribution in [3.05, 3.63) is 0 Å². The molecule has 1 saturated heterocycles. The number of carbonyl (C=O) groups is 1. The first-order chi connectivity index (χ1) is 6.27. The molecule has 0 aromatic carbocycles. The van der Waals surface area contributed by atoms with Gasteiger partial charge in [0.25, 0.3) is 0 Å². The molecule has 1 heterocycles. The van der Waals surface area contributed by atoms with E-state index in [2.05, 4.69) is 10.6 Å². The van der Waals surface area contributed by atoms with Crippen molar-refractivity contribution in [3.63, 3.8) is 0 Å². The molecule has 5 nitrogen and oxygen atoms in total. The lowest BCUT2D eigenvalue weighted by Gasteiger charge is -2.13. The Balaban J connectivity index is 2.34. The van der Waals surface area contributed by atoms with E-state index < -0.39 is 12.6 Å². The third kappa shape index (κ3) is 2.78. The molecular formula is C8H13N2O3. The van der Waals surface area contributed by atoms with E-state index in [1.807, 2.05) is 0 Å². The lowest BCUT2D eigenvalue weighted by molar-refractivity contribution is -0.123. The summed E-state index contributed by atoms with van der Waals surface area (Å²) in [5, 5.41) is 14.0. The first-order valence-electron chi connectivity index (χ1n) is 4.30. The highest BCUT2D eigenvalue weighted by Crippen LogP contribution is 2.04. The van der Waals surface area contributed by atoms with Crippen molar-refractivity contribution in [2.45, 2.75) is 24.9 Å². The first kappa shape index (κ1) is 10.1. The van der Waals surface area contributed by atoms with E-state index in [4.69, 9.17) is 5.11 Å². The number of rotatable bonds is 4. The molecule has 3 N–H and O–H groups in total. The molecular weight excluding hydrogens is 172 g/mol. The van der Waals surface area contributed by atoms with E-state index in [1.165, 1.54) is 0 Å². The van der Waals surface area contributed by atoms with Crippen LogP contribution in [0.15, 0.2) is 0 Å². The van der Waals surface area contributed by atoms with Gasteiger partial charge in [-0.25, -0.2) is 0 Å². The predicted molar refractivity (Wildman–Crippen MR) is 45.7 cm³/mol. The molecule has 5 heteroatoms. The van der Waals surface area contributed by atoms with Gasteiger partial charge in [-0.2, -0.15) is 0 Å². The summed E-state index contributed by atoms with van der Waals surface area (Å²) in [4.78, 5) is 21.5. The fourth-order valence-corrected chi connectivity index (χ4v) is 1.29. The van der Waals surface area contributed by atoms with Gasteiger partial charge in [0.05, 0.1) is 12.6 Å². The predicted octanol–water partition coefficient (Wildman–Crippen LogP) is -1.67. The van der Waals surface area contributed by atoms with Crippen molar-refractivity contribution < 1.29 is 14.7 Å². The van der Waals surface area contributed by atoms with Gasteiger partial charge in [0, 0.05) is 0 Å². The number of hydrogen-bond acceptors (Lipinski definition) is 4. The Hall–Kier alpha value is -0.940. The summed E-state index contributed by atoms with van der Waals surface area (Å²) in [6, 6.07) is -1.11. The van der Waals surface area contributed by atoms with Gasteiger partial charge in [-0.15, -0.1) is 0 Å². The maximum absolute atomic E-state index is 11.3. The van der Waals surface area contributed by atoms with Crippen LogP contribution in [-0.2, 0) is 9.59 Å². The SMILES string of the molecule is O=[C][C@H](CO)NC(=O)[C@@H]1CCCN1. The molecule has 1 amide bonds. The highest BCUT2D eigenvalue weighted by Gasteiger charge is 2.23. The Labute approximate surface area is 76.5 Å². The molecule has 2 atom stereocenters. The molecule has 0 bridgehead atoms. The van der Waals surface area contributed by atoms with Crippen LogP contribution < -0.4 is 10.6 Å². The Kier molecular flexibility index (Phi) is 3.85. The minimum absolute atomic E-state index is 0.220. The molecule has 1 aliphatic heterocycles. The van der Waals surface area contributed by atoms with Gasteiger partial charge in [0.2, 0.25) is 12.2 Å². The average molecular weight is 185 g/mol. The van der Waals surface area contributed by atoms with Crippen LogP contribution in [0, 0.1) is 0 Å². The van der Waals surface area contributed by atoms with E-state index in [-0.39, 0.29) is 11.9 Å². The van der Waals surface area contributed by atoms with Gasteiger partial charge in [-0.05, 0) is 19.4 Å². The monoisotopic (exact) mass is 185 g/mol. The van der Waals surface area contributed by atoms with Crippen molar-refractivity contribution in [2.75, 3.05) is 13.2 Å². The van der Waals surface area contributed by atoms with Gasteiger partial charge in [-0.1, -0.05) is 0 Å². The quantitative estimate of drug-likeness (QED) is 0.489. The van der Waals surface area contributed by atoms with E-state index in [1.54, 1.807) is 6.29 Å². The molecule has 0 aliphatic carbocycles. The van der Waals surface area contributed by atoms with Crippen molar-refractivity contribution in [1.29, 1.82) is 0 Å². The maximum atomic E-state index is 11.3. The lowest BCUT2D eigenvalue weighted by atomic mass is 10.2. The molecule has 0 unspecified atom stereocenters. The zero-order chi connectivity index (χ0) is 9.68. The Morgan fingerprint density at radius 1 is 1.77 bits per heavy atom. The summed E-state index contributed by atoms with van der Waals surface area (Å²) in [5.41, 5.74) is 0. The second-order valence-electron chi connectivity index (χ2n) is 3.01. The molecule has 0 saturated carbocycles. The number of aliphatic hydroxyl groups is 1. The van der Waals surface area contributed by atoms with Crippen LogP contribution in [-0.4, -0.2) is 42.5 Å². The largest absolute Gasteiger partial charge is 0.394 e. The average Bonchev–Trinajstić information content (AvgIpc) is 2.66. The van der Waals surface area contributed by atoms with Crippen molar-refractivity contribution in [1.82, 2.24) is 10.6 Å². The van der Waals surface area contributed by atoms with Crippen molar-refractivity contribution in [2.24, 2.45) is 0 Å². The van der Waals surface area contributed by atoms with Gasteiger partial charge < -0.3 is 15.7 Å². The van der Waals surface area contributed by atoms with Crippen LogP contribution in [0.2, 0.25) is 0 Å². The molecule has 1 rings (SSSR count). The number of aliphatic hydroxyl groups excluding tert-OH is 1. The van der Waals surface area contributed by atoms with Crippen LogP contribution in [0.1, 0.15) is 12.8 Å². The summed E-state index contributed by atoms with van der Waals surface area (Å²) < 4.78 is 0. The zero-order valence-corrected chi connectivity index (χ0v) is 7.25. The summed E-state index contributed by atoms with van der Waals surface area (Å²) in [6.07, 6.45) is 3.29. The van der Waals surface area contributed by atoms with Gasteiger partial charge in [0.15, 0.2) is 0 Å². The Morgan fingerprint density at radius 2 is 2.54 bits per heavy atom. The van der Waals surface area contributed by atoms with Gasteiger partial charge >= 0.3 is 0 Å². The van der Waals surface area contributed by atoms with E-state index >= 15 is 0 Å². The maximum Gasteiger partial charge on any atom is 0.237 e. The fraction of sp³-hybridized carbons (Fsp3) is 0.750. The minimum Gasteiger partial charge on any atom is -0.394 e. The van der Waals surface area contributed by atoms with Crippen molar-refractivity contribution >= 4 is 12.2 Å². The summed E-state index contributed by atoms with van der Waals surface area (Å²) in [6.45, 7) is 0.425. The summed E-state index contributed by atoms with van der Waals surface area (Å²) in [5.74, 6) is -0.236. The van der Waals surface area contributed by atoms with Crippen LogP contribution in [0.4, 0.5) is 0 Å². The molecule has 1 aliphatic rings. The second-order valence-corrected chi connectivity index (χ2v) is 3.01. The summed E-state index contributed by atoms with van der Waals surface area (Å²) >= 11 is 0. The fourth-order valence-electron chi connectivity index (χ4n) is 1.29. The van der Waals surface area contributed by atoms with Crippen LogP contribution in [0.25, 0.3) is 0 Å². The molecule has 0 spiro atoms. The molecule has 0 aromatic rings. The Bertz CT molecular complexity index is 190. The third-order valence-electron chi connectivity index (χ3n) is 2.02. The van der Waals surface area contributed by atoms with E-state index in [9.17, 15) is 9.59 Å². The number of nitrogens with one attached hydrogen (secondary N) is 2. The highest BCUT2D eigenvalue weighted by molar-refractivity contribution is 5.84. The van der Waals surface area contributed by atoms with Crippen LogP contribution >= 0.6 is 0 Å². The lowest BCUT2D eigenvalue weighted by Crippen LogP contribution is -2.47. The number of amides is 1. The molecule has 1 radical (unpaired) electrons. The summed E-state index contributed by atoms with van der Waals surface area (Å²) in [7, 11) is 0. The standard InChI is InChI=1S/C8H13N2O3/c11-4-6(5-12)10-8(13)7-2-1-3-9-7/h6-7,9,11H,1-4H2,(H,10,13)/t6-,7-/m0/s1. The first-order valence-corrected chi connectivity index (χ1v) is 4.30. The number of carbonyl (C=O) groups excluding carboxylic acids is 2. The topological polar surface area (TPSA) is 78.4 Å². The third-order valence-corrected chi connectivity index (χ3v) is 2.02. The minimum atomic E-state index is -0.894. The molecule has 0 aromatic heterocycles. The van der Waals surface area contributed by atoms with E-state index in [0.29, 0.717) is 0 Å². The Morgan fingerprint density at radius 3 is 3.00 bits per heavy atom. The molecule has 13 heavy (non-hydrogen) atoms. The van der Waals surface area contributed by atoms with Crippen LogP contribution in [0.3, 0.4) is 0 Å². The normalized spacial score (nSPS) is 23.9. The molecule has 1 fully saturated rings. The van der Waals surface area contributed by atoms with E-state index in [0.717, 1.165) is 19.4 Å². The molecule has 73 valence electrons. The highest BCUT2D eigenvalue weighted by atomic mass is 16.3.